The summed E-state index contributed by atoms with van der Waals surface area (Å²) in [7, 11) is 2.34. The number of nitrogens with zero attached hydrogens (tertiary/aromatic N) is 1. The van der Waals surface area contributed by atoms with Crippen molar-refractivity contribution in [1.29, 1.82) is 0 Å². The van der Waals surface area contributed by atoms with Gasteiger partial charge >= 0.3 is 0 Å². The summed E-state index contributed by atoms with van der Waals surface area (Å²) in [6.45, 7) is 2.37. The average molecular weight is 492 g/mol. The molecule has 0 aliphatic carbocycles. The smallest absolute Gasteiger partial charge is 0.249 e. The molecule has 0 aromatic rings. The highest BCUT2D eigenvalue weighted by Gasteiger charge is 2.42. The van der Waals surface area contributed by atoms with Crippen LogP contribution in [0.3, 0.4) is 0 Å². The first-order chi connectivity index (χ1) is 4.96. The van der Waals surface area contributed by atoms with E-state index in [1.807, 2.05) is 0 Å². The van der Waals surface area contributed by atoms with Crippen LogP contribution in [0.4, 0.5) is 0 Å². The zero-order chi connectivity index (χ0) is 8.65. The molecule has 4 heteroatoms. The molecule has 0 spiro atoms. The van der Waals surface area contributed by atoms with E-state index in [-0.39, 0.29) is 0 Å². The lowest BCUT2D eigenvalue weighted by atomic mass is 10.1. The Kier molecular flexibility index (Phi) is 4.20. The molecule has 1 aliphatic rings. The molecule has 0 aromatic carbocycles. The van der Waals surface area contributed by atoms with E-state index in [1.165, 1.54) is 12.8 Å². The molecule has 0 amide bonds. The topological polar surface area (TPSA) is 0 Å². The van der Waals surface area contributed by atoms with Crippen LogP contribution in [0.5, 0.6) is 0 Å². The van der Waals surface area contributed by atoms with E-state index in [9.17, 15) is 0 Å². The van der Waals surface area contributed by atoms with Gasteiger partial charge in [0.2, 0.25) is 22.9 Å². The molecule has 66 valence electrons. The number of hydrogen-bond donors (Lipinski definition) is 0. The van der Waals surface area contributed by atoms with Gasteiger partial charge in [-0.3, -0.25) is 2.70 Å². The zero-order valence-electron chi connectivity index (χ0n) is 6.73. The number of likely N-dealkylation sites (tertiary alicyclic amines) is 1. The van der Waals surface area contributed by atoms with Crippen LogP contribution >= 0.6 is 68.0 Å². The quantitative estimate of drug-likeness (QED) is 0.210. The third kappa shape index (κ3) is 2.34. The second kappa shape index (κ2) is 4.12. The van der Waals surface area contributed by atoms with E-state index in [0.29, 0.717) is 0 Å². The normalized spacial score (nSPS) is 52.6. The van der Waals surface area contributed by atoms with Gasteiger partial charge in [-0.2, -0.15) is 0 Å². The molecule has 1 rings (SSSR count). The molecule has 11 heavy (non-hydrogen) atoms. The zero-order valence-corrected chi connectivity index (χ0v) is 13.2. The van der Waals surface area contributed by atoms with Gasteiger partial charge in [-0.1, -0.05) is 22.6 Å². The first-order valence-electron chi connectivity index (χ1n) is 3.80. The van der Waals surface area contributed by atoms with Gasteiger partial charge in [0.15, 0.2) is 0 Å². The lowest BCUT2D eigenvalue weighted by Crippen LogP contribution is -2.54. The Balaban J connectivity index is 2.72. The van der Waals surface area contributed by atoms with Gasteiger partial charge in [-0.05, 0) is 35.9 Å². The van der Waals surface area contributed by atoms with Crippen LogP contribution in [-0.2, 0) is 0 Å². The molecular formula is C7H13I3N+. The van der Waals surface area contributed by atoms with Crippen molar-refractivity contribution < 1.29 is 2.70 Å². The average Bonchev–Trinajstić information content (AvgIpc) is 1.95. The summed E-state index contributed by atoms with van der Waals surface area (Å²) < 4.78 is 2.82. The molecule has 0 radical (unpaired) electrons. The minimum Gasteiger partial charge on any atom is -0.256 e. The van der Waals surface area contributed by atoms with Crippen molar-refractivity contribution in [2.75, 3.05) is 7.05 Å². The molecular weight excluding hydrogens is 479 g/mol. The van der Waals surface area contributed by atoms with E-state index in [1.54, 1.807) is 0 Å². The highest BCUT2D eigenvalue weighted by atomic mass is 127. The summed E-state index contributed by atoms with van der Waals surface area (Å²) in [6, 6.07) is 0.798. The van der Waals surface area contributed by atoms with Crippen molar-refractivity contribution in [3.63, 3.8) is 0 Å². The Morgan fingerprint density at radius 3 is 2.27 bits per heavy atom. The Hall–Kier alpha value is 2.15. The summed E-state index contributed by atoms with van der Waals surface area (Å²) in [5.41, 5.74) is 0. The van der Waals surface area contributed by atoms with Crippen LogP contribution in [0, 0.1) is 0 Å². The molecule has 4 unspecified atom stereocenters. The third-order valence-electron chi connectivity index (χ3n) is 2.55. The number of halogens is 3. The van der Waals surface area contributed by atoms with Gasteiger partial charge in [0.05, 0.1) is 11.0 Å². The Bertz CT molecular complexity index is 149. The third-order valence-corrected chi connectivity index (χ3v) is 8.61. The fourth-order valence-electron chi connectivity index (χ4n) is 1.36. The molecule has 0 saturated carbocycles. The summed E-state index contributed by atoms with van der Waals surface area (Å²) in [6.07, 6.45) is 2.77. The highest BCUT2D eigenvalue weighted by Crippen LogP contribution is 2.40. The summed E-state index contributed by atoms with van der Waals surface area (Å²) >= 11 is 7.76. The van der Waals surface area contributed by atoms with Gasteiger partial charge in [-0.15, -0.1) is 0 Å². The number of hydrogen-bond acceptors (Lipinski definition) is 0. The summed E-state index contributed by atoms with van der Waals surface area (Å²) in [5, 5.41) is 0. The van der Waals surface area contributed by atoms with Crippen molar-refractivity contribution in [1.82, 2.24) is 0 Å². The first-order valence-corrected chi connectivity index (χ1v) is 7.25. The number of quaternary nitrogens is 1. The monoisotopic (exact) mass is 492 g/mol. The second-order valence-electron chi connectivity index (χ2n) is 3.30. The summed E-state index contributed by atoms with van der Waals surface area (Å²) in [4.78, 5) is 0. The Morgan fingerprint density at radius 2 is 1.82 bits per heavy atom. The molecule has 1 aliphatic heterocycles. The van der Waals surface area contributed by atoms with Crippen molar-refractivity contribution in [3.8, 4) is 0 Å². The Morgan fingerprint density at radius 1 is 1.27 bits per heavy atom. The molecule has 1 heterocycles. The molecule has 4 atom stereocenters. The van der Waals surface area contributed by atoms with Gasteiger partial charge in [0.25, 0.3) is 0 Å². The fraction of sp³-hybridized carbons (Fsp3) is 1.00. The van der Waals surface area contributed by atoms with Crippen LogP contribution < -0.4 is 0 Å². The maximum Gasteiger partial charge on any atom is 0.249 e. The highest BCUT2D eigenvalue weighted by molar-refractivity contribution is 14.1. The Labute approximate surface area is 110 Å². The number of piperidine rings is 1. The lowest BCUT2D eigenvalue weighted by molar-refractivity contribution is -0.769. The van der Waals surface area contributed by atoms with E-state index < -0.39 is 0 Å². The van der Waals surface area contributed by atoms with Crippen LogP contribution in [-0.4, -0.2) is 23.8 Å². The largest absolute Gasteiger partial charge is 0.256 e. The predicted molar refractivity (Wildman–Crippen MR) is 74.5 cm³/mol. The van der Waals surface area contributed by atoms with Gasteiger partial charge in [0.1, 0.15) is 10.1 Å². The maximum absolute atomic E-state index is 2.59. The number of rotatable bonds is 0. The van der Waals surface area contributed by atoms with Crippen molar-refractivity contribution in [2.45, 2.75) is 33.8 Å². The van der Waals surface area contributed by atoms with Crippen LogP contribution in [0.1, 0.15) is 19.8 Å². The van der Waals surface area contributed by atoms with Gasteiger partial charge in [0, 0.05) is 6.42 Å². The maximum atomic E-state index is 2.59. The van der Waals surface area contributed by atoms with E-state index in [4.69, 9.17) is 0 Å². The van der Waals surface area contributed by atoms with Crippen molar-refractivity contribution in [2.24, 2.45) is 0 Å². The van der Waals surface area contributed by atoms with Crippen LogP contribution in [0.2, 0.25) is 0 Å². The van der Waals surface area contributed by atoms with E-state index in [2.05, 4.69) is 82.0 Å². The SMILES string of the molecule is CC1C(I)CCC(I)[N+]1(C)I. The fourth-order valence-corrected chi connectivity index (χ4v) is 4.54. The summed E-state index contributed by atoms with van der Waals surface area (Å²) in [5.74, 6) is 0. The molecule has 0 N–H and O–H groups in total. The molecule has 0 aromatic heterocycles. The second-order valence-corrected chi connectivity index (χ2v) is 8.41. The van der Waals surface area contributed by atoms with Crippen LogP contribution in [0.25, 0.3) is 0 Å². The molecule has 1 nitrogen and oxygen atoms in total. The molecule has 1 fully saturated rings. The first kappa shape index (κ1) is 11.2. The number of alkyl halides is 2. The minimum absolute atomic E-state index is 0.798. The molecule has 1 saturated heterocycles. The van der Waals surface area contributed by atoms with Crippen LogP contribution in [0.15, 0.2) is 0 Å². The molecule has 0 bridgehead atoms. The van der Waals surface area contributed by atoms with E-state index in [0.717, 1.165) is 16.7 Å². The van der Waals surface area contributed by atoms with Gasteiger partial charge < -0.3 is 0 Å². The van der Waals surface area contributed by atoms with Gasteiger partial charge in [-0.25, -0.2) is 0 Å². The lowest BCUT2D eigenvalue weighted by Gasteiger charge is -2.43. The van der Waals surface area contributed by atoms with Crippen molar-refractivity contribution >= 4 is 68.0 Å². The van der Waals surface area contributed by atoms with E-state index >= 15 is 0 Å². The standard InChI is InChI=1S/C7H13I3N/c1-5-6(8)3-4-7(9)11(5,2)10/h5-7H,3-4H2,1-2H3/q+1. The van der Waals surface area contributed by atoms with Crippen molar-refractivity contribution in [3.05, 3.63) is 0 Å². The predicted octanol–water partition coefficient (Wildman–Crippen LogP) is 3.53. The minimum atomic E-state index is 0.798.